The first-order valence-corrected chi connectivity index (χ1v) is 5.28. The van der Waals surface area contributed by atoms with Gasteiger partial charge >= 0.3 is 0 Å². The van der Waals surface area contributed by atoms with Crippen LogP contribution in [0.1, 0.15) is 29.2 Å². The molecular weight excluding hydrogens is 275 g/mol. The third kappa shape index (κ3) is 1.45. The van der Waals surface area contributed by atoms with E-state index in [1.54, 1.807) is 0 Å². The van der Waals surface area contributed by atoms with Gasteiger partial charge in [-0.05, 0) is 58.7 Å². The van der Waals surface area contributed by atoms with Crippen molar-refractivity contribution < 1.29 is 0 Å². The molecule has 0 bridgehead atoms. The molecule has 2 N–H and O–H groups in total. The molecule has 0 radical (unpaired) electrons. The van der Waals surface area contributed by atoms with Gasteiger partial charge in [-0.1, -0.05) is 0 Å². The minimum Gasteiger partial charge on any atom is -0.324 e. The SMILES string of the molecule is N#Cc1cc(I)c2c(c1)CC[C@H]2N. The number of fused-ring (bicyclic) bond motifs is 1. The summed E-state index contributed by atoms with van der Waals surface area (Å²) in [5.41, 5.74) is 9.21. The molecule has 0 saturated heterocycles. The fourth-order valence-electron chi connectivity index (χ4n) is 1.82. The van der Waals surface area contributed by atoms with Crippen molar-refractivity contribution in [1.29, 1.82) is 5.26 Å². The van der Waals surface area contributed by atoms with Crippen LogP contribution in [-0.4, -0.2) is 0 Å². The average Bonchev–Trinajstić information content (AvgIpc) is 2.48. The van der Waals surface area contributed by atoms with E-state index < -0.39 is 0 Å². The molecule has 2 rings (SSSR count). The Morgan fingerprint density at radius 3 is 3.00 bits per heavy atom. The summed E-state index contributed by atoms with van der Waals surface area (Å²) >= 11 is 2.26. The van der Waals surface area contributed by atoms with Gasteiger partial charge < -0.3 is 5.73 Å². The summed E-state index contributed by atoms with van der Waals surface area (Å²) in [5.74, 6) is 0. The maximum atomic E-state index is 8.77. The summed E-state index contributed by atoms with van der Waals surface area (Å²) in [7, 11) is 0. The summed E-state index contributed by atoms with van der Waals surface area (Å²) < 4.78 is 1.14. The quantitative estimate of drug-likeness (QED) is 0.742. The maximum absolute atomic E-state index is 8.77. The fraction of sp³-hybridized carbons (Fsp3) is 0.300. The molecule has 1 aromatic carbocycles. The first-order valence-electron chi connectivity index (χ1n) is 4.20. The van der Waals surface area contributed by atoms with Crippen molar-refractivity contribution in [2.75, 3.05) is 0 Å². The number of nitrogens with zero attached hydrogens (tertiary/aromatic N) is 1. The van der Waals surface area contributed by atoms with Crippen molar-refractivity contribution in [3.63, 3.8) is 0 Å². The molecule has 0 fully saturated rings. The number of hydrogen-bond acceptors (Lipinski definition) is 2. The number of nitriles is 1. The van der Waals surface area contributed by atoms with E-state index in [0.717, 1.165) is 22.0 Å². The minimum atomic E-state index is 0.176. The number of halogens is 1. The topological polar surface area (TPSA) is 49.8 Å². The highest BCUT2D eigenvalue weighted by atomic mass is 127. The van der Waals surface area contributed by atoms with Gasteiger partial charge in [-0.25, -0.2) is 0 Å². The second kappa shape index (κ2) is 3.28. The molecule has 0 unspecified atom stereocenters. The second-order valence-corrected chi connectivity index (χ2v) is 4.45. The Kier molecular flexibility index (Phi) is 2.26. The Hall–Kier alpha value is -0.600. The molecular formula is C10H9IN2. The molecule has 13 heavy (non-hydrogen) atoms. The Morgan fingerprint density at radius 1 is 1.54 bits per heavy atom. The highest BCUT2D eigenvalue weighted by molar-refractivity contribution is 14.1. The van der Waals surface area contributed by atoms with Crippen LogP contribution in [-0.2, 0) is 6.42 Å². The monoisotopic (exact) mass is 284 g/mol. The summed E-state index contributed by atoms with van der Waals surface area (Å²) in [6, 6.07) is 6.21. The molecule has 66 valence electrons. The van der Waals surface area contributed by atoms with Gasteiger partial charge in [0.2, 0.25) is 0 Å². The van der Waals surface area contributed by atoms with E-state index in [2.05, 4.69) is 28.7 Å². The van der Waals surface area contributed by atoms with E-state index in [4.69, 9.17) is 11.0 Å². The third-order valence-corrected chi connectivity index (χ3v) is 3.33. The van der Waals surface area contributed by atoms with Crippen LogP contribution in [0.5, 0.6) is 0 Å². The number of rotatable bonds is 0. The van der Waals surface area contributed by atoms with Crippen LogP contribution in [0.2, 0.25) is 0 Å². The normalized spacial score (nSPS) is 19.6. The Labute approximate surface area is 90.9 Å². The molecule has 0 saturated carbocycles. The summed E-state index contributed by atoms with van der Waals surface area (Å²) in [5, 5.41) is 8.77. The van der Waals surface area contributed by atoms with E-state index in [0.29, 0.717) is 0 Å². The zero-order valence-corrected chi connectivity index (χ0v) is 9.21. The van der Waals surface area contributed by atoms with Gasteiger partial charge in [0.15, 0.2) is 0 Å². The lowest BCUT2D eigenvalue weighted by molar-refractivity contribution is 0.711. The minimum absolute atomic E-state index is 0.176. The molecule has 3 heteroatoms. The lowest BCUT2D eigenvalue weighted by Gasteiger charge is -2.07. The fourth-order valence-corrected chi connectivity index (χ4v) is 2.90. The number of nitrogens with two attached hydrogens (primary N) is 1. The van der Waals surface area contributed by atoms with Gasteiger partial charge in [-0.15, -0.1) is 0 Å². The predicted octanol–water partition coefficient (Wildman–Crippen LogP) is 2.11. The van der Waals surface area contributed by atoms with Gasteiger partial charge in [0.05, 0.1) is 11.6 Å². The molecule has 0 heterocycles. The van der Waals surface area contributed by atoms with Gasteiger partial charge in [0.1, 0.15) is 0 Å². The van der Waals surface area contributed by atoms with Gasteiger partial charge in [0.25, 0.3) is 0 Å². The van der Waals surface area contributed by atoms with E-state index in [9.17, 15) is 0 Å². The van der Waals surface area contributed by atoms with Crippen LogP contribution in [0, 0.1) is 14.9 Å². The molecule has 1 aliphatic carbocycles. The molecule has 0 aliphatic heterocycles. The Balaban J connectivity index is 2.61. The first kappa shape index (κ1) is 8.97. The highest BCUT2D eigenvalue weighted by Crippen LogP contribution is 2.33. The Bertz CT molecular complexity index is 393. The number of benzene rings is 1. The van der Waals surface area contributed by atoms with Crippen molar-refractivity contribution in [2.24, 2.45) is 5.73 Å². The van der Waals surface area contributed by atoms with E-state index in [1.165, 1.54) is 11.1 Å². The van der Waals surface area contributed by atoms with Crippen LogP contribution in [0.4, 0.5) is 0 Å². The summed E-state index contributed by atoms with van der Waals surface area (Å²) in [6.45, 7) is 0. The number of aryl methyl sites for hydroxylation is 1. The molecule has 1 atom stereocenters. The number of hydrogen-bond donors (Lipinski definition) is 1. The maximum Gasteiger partial charge on any atom is 0.0992 e. The van der Waals surface area contributed by atoms with Crippen LogP contribution in [0.25, 0.3) is 0 Å². The molecule has 0 aromatic heterocycles. The second-order valence-electron chi connectivity index (χ2n) is 3.29. The standard InChI is InChI=1S/C10H9IN2/c11-8-4-6(5-12)3-7-1-2-9(13)10(7)8/h3-4,9H,1-2,13H2/t9-/m1/s1. The lowest BCUT2D eigenvalue weighted by atomic mass is 10.1. The van der Waals surface area contributed by atoms with Crippen molar-refractivity contribution >= 4 is 22.6 Å². The van der Waals surface area contributed by atoms with Crippen molar-refractivity contribution in [1.82, 2.24) is 0 Å². The zero-order chi connectivity index (χ0) is 9.42. The third-order valence-electron chi connectivity index (χ3n) is 2.44. The molecule has 1 aromatic rings. The Morgan fingerprint density at radius 2 is 2.31 bits per heavy atom. The van der Waals surface area contributed by atoms with E-state index >= 15 is 0 Å². The van der Waals surface area contributed by atoms with Crippen molar-refractivity contribution in [2.45, 2.75) is 18.9 Å². The summed E-state index contributed by atoms with van der Waals surface area (Å²) in [6.07, 6.45) is 2.03. The first-order chi connectivity index (χ1) is 6.22. The van der Waals surface area contributed by atoms with Gasteiger partial charge in [0, 0.05) is 9.61 Å². The largest absolute Gasteiger partial charge is 0.324 e. The van der Waals surface area contributed by atoms with Crippen molar-refractivity contribution in [3.05, 3.63) is 32.4 Å². The van der Waals surface area contributed by atoms with Crippen LogP contribution < -0.4 is 5.73 Å². The summed E-state index contributed by atoms with van der Waals surface area (Å²) in [4.78, 5) is 0. The average molecular weight is 284 g/mol. The van der Waals surface area contributed by atoms with Crippen LogP contribution >= 0.6 is 22.6 Å². The highest BCUT2D eigenvalue weighted by Gasteiger charge is 2.21. The predicted molar refractivity (Wildman–Crippen MR) is 59.1 cm³/mol. The smallest absolute Gasteiger partial charge is 0.0992 e. The van der Waals surface area contributed by atoms with Gasteiger partial charge in [-0.2, -0.15) is 5.26 Å². The van der Waals surface area contributed by atoms with Crippen molar-refractivity contribution in [3.8, 4) is 6.07 Å². The lowest BCUT2D eigenvalue weighted by Crippen LogP contribution is -2.07. The molecule has 2 nitrogen and oxygen atoms in total. The molecule has 0 spiro atoms. The van der Waals surface area contributed by atoms with Crippen LogP contribution in [0.15, 0.2) is 12.1 Å². The molecule has 1 aliphatic rings. The molecule has 0 amide bonds. The zero-order valence-electron chi connectivity index (χ0n) is 7.05. The van der Waals surface area contributed by atoms with E-state index in [1.807, 2.05) is 12.1 Å². The van der Waals surface area contributed by atoms with E-state index in [-0.39, 0.29) is 6.04 Å². The van der Waals surface area contributed by atoms with Crippen LogP contribution in [0.3, 0.4) is 0 Å². The van der Waals surface area contributed by atoms with Gasteiger partial charge in [-0.3, -0.25) is 0 Å².